The Hall–Kier alpha value is -0.470. The van der Waals surface area contributed by atoms with Gasteiger partial charge in [-0.3, -0.25) is 0 Å². The predicted molar refractivity (Wildman–Crippen MR) is 82.5 cm³/mol. The molecule has 1 aromatic heterocycles. The minimum atomic E-state index is -3.39. The Labute approximate surface area is 125 Å². The summed E-state index contributed by atoms with van der Waals surface area (Å²) < 4.78 is 27.8. The second-order valence-corrected chi connectivity index (χ2v) is 8.71. The minimum absolute atomic E-state index is 0.00185. The Morgan fingerprint density at radius 3 is 2.55 bits per heavy atom. The molecule has 114 valence electrons. The van der Waals surface area contributed by atoms with Crippen LogP contribution in [0.5, 0.6) is 0 Å². The molecule has 20 heavy (non-hydrogen) atoms. The molecule has 0 unspecified atom stereocenters. The fraction of sp³-hybridized carbons (Fsp3) is 0.692. The lowest BCUT2D eigenvalue weighted by atomic mass is 9.76. The summed E-state index contributed by atoms with van der Waals surface area (Å²) in [6, 6.07) is 3.55. The molecule has 1 heterocycles. The number of rotatable bonds is 7. The molecule has 5 nitrogen and oxygen atoms in total. The van der Waals surface area contributed by atoms with Crippen molar-refractivity contribution in [1.82, 2.24) is 14.9 Å². The average Bonchev–Trinajstić information content (AvgIpc) is 2.76. The number of sulfonamides is 1. The summed E-state index contributed by atoms with van der Waals surface area (Å²) in [5.41, 5.74) is -0.00185. The predicted octanol–water partition coefficient (Wildman–Crippen LogP) is 1.23. The van der Waals surface area contributed by atoms with Crippen LogP contribution in [0.1, 0.15) is 24.1 Å². The zero-order chi connectivity index (χ0) is 14.8. The Bertz CT molecular complexity index is 548. The number of thiophene rings is 1. The van der Waals surface area contributed by atoms with E-state index in [-0.39, 0.29) is 5.54 Å². The maximum atomic E-state index is 12.3. The lowest BCUT2D eigenvalue weighted by Crippen LogP contribution is -2.57. The normalized spacial score (nSPS) is 18.2. The summed E-state index contributed by atoms with van der Waals surface area (Å²) >= 11 is 1.32. The number of likely N-dealkylation sites (N-methyl/N-ethyl adjacent to an activating group) is 1. The lowest BCUT2D eigenvalue weighted by molar-refractivity contribution is 0.0657. The molecule has 0 atom stereocenters. The number of hydrogen-bond donors (Lipinski definition) is 2. The SMILES string of the molecule is CNCc1ccc(S(=O)(=O)NCC2(N(C)C)CCC2)s1. The van der Waals surface area contributed by atoms with Crippen molar-refractivity contribution in [3.63, 3.8) is 0 Å². The molecule has 7 heteroatoms. The molecule has 0 radical (unpaired) electrons. The van der Waals surface area contributed by atoms with Crippen molar-refractivity contribution >= 4 is 21.4 Å². The van der Waals surface area contributed by atoms with Crippen molar-refractivity contribution in [3.05, 3.63) is 17.0 Å². The summed E-state index contributed by atoms with van der Waals surface area (Å²) in [6.45, 7) is 1.18. The van der Waals surface area contributed by atoms with Gasteiger partial charge in [0.2, 0.25) is 10.0 Å². The third kappa shape index (κ3) is 3.23. The molecule has 2 N–H and O–H groups in total. The van der Waals surface area contributed by atoms with Crippen LogP contribution in [0.2, 0.25) is 0 Å². The van der Waals surface area contributed by atoms with E-state index in [2.05, 4.69) is 14.9 Å². The first-order valence-electron chi connectivity index (χ1n) is 6.80. The summed E-state index contributed by atoms with van der Waals surface area (Å²) in [5.74, 6) is 0. The van der Waals surface area contributed by atoms with Gasteiger partial charge in [0.05, 0.1) is 0 Å². The molecule has 0 aliphatic heterocycles. The summed E-state index contributed by atoms with van der Waals surface area (Å²) in [5, 5.41) is 3.03. The van der Waals surface area contributed by atoms with Crippen LogP contribution < -0.4 is 10.0 Å². The van der Waals surface area contributed by atoms with Gasteiger partial charge in [-0.2, -0.15) is 0 Å². The van der Waals surface area contributed by atoms with Crippen LogP contribution >= 0.6 is 11.3 Å². The fourth-order valence-corrected chi connectivity index (χ4v) is 4.97. The van der Waals surface area contributed by atoms with E-state index in [1.165, 1.54) is 17.8 Å². The molecule has 0 amide bonds. The maximum Gasteiger partial charge on any atom is 0.250 e. The van der Waals surface area contributed by atoms with Crippen LogP contribution in [0, 0.1) is 0 Å². The maximum absolute atomic E-state index is 12.3. The summed E-state index contributed by atoms with van der Waals surface area (Å²) in [6.07, 6.45) is 3.28. The van der Waals surface area contributed by atoms with Gasteiger partial charge in [-0.15, -0.1) is 11.3 Å². The molecule has 0 aromatic carbocycles. The third-order valence-corrected chi connectivity index (χ3v) is 7.06. The lowest BCUT2D eigenvalue weighted by Gasteiger charge is -2.47. The zero-order valence-electron chi connectivity index (χ0n) is 12.3. The highest BCUT2D eigenvalue weighted by Gasteiger charge is 2.39. The van der Waals surface area contributed by atoms with Crippen LogP contribution in [0.25, 0.3) is 0 Å². The van der Waals surface area contributed by atoms with Crippen molar-refractivity contribution in [2.45, 2.75) is 35.6 Å². The Morgan fingerprint density at radius 1 is 1.35 bits per heavy atom. The van der Waals surface area contributed by atoms with Gasteiger partial charge in [-0.1, -0.05) is 0 Å². The molecule has 1 saturated carbocycles. The highest BCUT2D eigenvalue weighted by Crippen LogP contribution is 2.35. The van der Waals surface area contributed by atoms with Crippen LogP contribution in [-0.4, -0.2) is 46.5 Å². The van der Waals surface area contributed by atoms with E-state index in [1.54, 1.807) is 6.07 Å². The van der Waals surface area contributed by atoms with Crippen LogP contribution in [0.3, 0.4) is 0 Å². The largest absolute Gasteiger partial charge is 0.315 e. The Kier molecular flexibility index (Phi) is 4.86. The number of nitrogens with zero attached hydrogens (tertiary/aromatic N) is 1. The molecule has 1 fully saturated rings. The summed E-state index contributed by atoms with van der Waals surface area (Å²) in [7, 11) is 2.50. The summed E-state index contributed by atoms with van der Waals surface area (Å²) in [4.78, 5) is 3.17. The van der Waals surface area contributed by atoms with Crippen molar-refractivity contribution < 1.29 is 8.42 Å². The van der Waals surface area contributed by atoms with Crippen molar-refractivity contribution in [1.29, 1.82) is 0 Å². The third-order valence-electron chi connectivity index (χ3n) is 4.08. The van der Waals surface area contributed by atoms with Crippen LogP contribution in [-0.2, 0) is 16.6 Å². The Morgan fingerprint density at radius 2 is 2.05 bits per heavy atom. The van der Waals surface area contributed by atoms with E-state index in [1.807, 2.05) is 27.2 Å². The molecular weight excluding hydrogens is 294 g/mol. The average molecular weight is 317 g/mol. The standard InChI is InChI=1S/C13H23N3O2S2/c1-14-9-11-5-6-12(19-11)20(17,18)15-10-13(16(2)3)7-4-8-13/h5-6,14-15H,4,7-10H2,1-3H3. The molecular formula is C13H23N3O2S2. The van der Waals surface area contributed by atoms with E-state index in [4.69, 9.17) is 0 Å². The van der Waals surface area contributed by atoms with E-state index in [0.29, 0.717) is 17.3 Å². The highest BCUT2D eigenvalue weighted by molar-refractivity contribution is 7.91. The Balaban J connectivity index is 2.03. The van der Waals surface area contributed by atoms with Crippen LogP contribution in [0.4, 0.5) is 0 Å². The molecule has 2 rings (SSSR count). The highest BCUT2D eigenvalue weighted by atomic mass is 32.2. The molecule has 0 saturated heterocycles. The molecule has 0 spiro atoms. The number of hydrogen-bond acceptors (Lipinski definition) is 5. The van der Waals surface area contributed by atoms with Crippen molar-refractivity contribution in [2.75, 3.05) is 27.7 Å². The van der Waals surface area contributed by atoms with Gasteiger partial charge < -0.3 is 10.2 Å². The minimum Gasteiger partial charge on any atom is -0.315 e. The fourth-order valence-electron chi connectivity index (χ4n) is 2.44. The van der Waals surface area contributed by atoms with Crippen molar-refractivity contribution in [3.8, 4) is 0 Å². The van der Waals surface area contributed by atoms with Crippen molar-refractivity contribution in [2.24, 2.45) is 0 Å². The topological polar surface area (TPSA) is 61.4 Å². The van der Waals surface area contributed by atoms with Gasteiger partial charge in [0.15, 0.2) is 0 Å². The second kappa shape index (κ2) is 6.11. The van der Waals surface area contributed by atoms with Gasteiger partial charge >= 0.3 is 0 Å². The first-order chi connectivity index (χ1) is 9.39. The zero-order valence-corrected chi connectivity index (χ0v) is 13.9. The van der Waals surface area contributed by atoms with E-state index >= 15 is 0 Å². The van der Waals surface area contributed by atoms with Gasteiger partial charge in [-0.25, -0.2) is 13.1 Å². The number of nitrogens with one attached hydrogen (secondary N) is 2. The molecule has 1 aliphatic carbocycles. The monoisotopic (exact) mass is 317 g/mol. The van der Waals surface area contributed by atoms with Gasteiger partial charge in [0.1, 0.15) is 4.21 Å². The first-order valence-corrected chi connectivity index (χ1v) is 9.10. The van der Waals surface area contributed by atoms with Gasteiger partial charge in [-0.05, 0) is 52.5 Å². The van der Waals surface area contributed by atoms with E-state index in [0.717, 1.165) is 17.7 Å². The van der Waals surface area contributed by atoms with Gasteiger partial charge in [0, 0.05) is 23.5 Å². The second-order valence-electron chi connectivity index (χ2n) is 5.55. The van der Waals surface area contributed by atoms with Crippen LogP contribution in [0.15, 0.2) is 16.3 Å². The first kappa shape index (κ1) is 15.9. The van der Waals surface area contributed by atoms with E-state index in [9.17, 15) is 8.42 Å². The molecule has 1 aromatic rings. The van der Waals surface area contributed by atoms with E-state index < -0.39 is 10.0 Å². The smallest absolute Gasteiger partial charge is 0.250 e. The quantitative estimate of drug-likeness (QED) is 0.794. The van der Waals surface area contributed by atoms with Gasteiger partial charge in [0.25, 0.3) is 0 Å². The molecule has 0 bridgehead atoms. The molecule has 1 aliphatic rings.